The van der Waals surface area contributed by atoms with Crippen LogP contribution in [0.5, 0.6) is 0 Å². The van der Waals surface area contributed by atoms with E-state index in [9.17, 15) is 10.1 Å². The summed E-state index contributed by atoms with van der Waals surface area (Å²) < 4.78 is 0. The first kappa shape index (κ1) is 12.8. The van der Waals surface area contributed by atoms with Gasteiger partial charge in [-0.3, -0.25) is 10.1 Å². The molecule has 0 bridgehead atoms. The van der Waals surface area contributed by atoms with E-state index in [4.69, 9.17) is 5.11 Å². The molecule has 1 N–H and O–H groups in total. The molecule has 2 rings (SSSR count). The molecule has 0 atom stereocenters. The Hall–Kier alpha value is -1.62. The van der Waals surface area contributed by atoms with E-state index in [1.165, 1.54) is 25.3 Å². The van der Waals surface area contributed by atoms with Gasteiger partial charge in [0, 0.05) is 19.7 Å². The first-order chi connectivity index (χ1) is 8.61. The summed E-state index contributed by atoms with van der Waals surface area (Å²) in [6.45, 7) is 0.687. The smallest absolute Gasteiger partial charge is 0.292 e. The van der Waals surface area contributed by atoms with Crippen LogP contribution in [0.3, 0.4) is 0 Å². The van der Waals surface area contributed by atoms with Crippen LogP contribution in [-0.2, 0) is 6.61 Å². The van der Waals surface area contributed by atoms with Crippen molar-refractivity contribution in [3.05, 3.63) is 33.9 Å². The van der Waals surface area contributed by atoms with Crippen molar-refractivity contribution < 1.29 is 10.0 Å². The lowest BCUT2D eigenvalue weighted by Gasteiger charge is -2.31. The monoisotopic (exact) mass is 250 g/mol. The SMILES string of the molecule is CN(CC1CCC1)c1ccc(CO)cc1[N+](=O)[O-]. The Labute approximate surface area is 106 Å². The third-order valence-electron chi connectivity index (χ3n) is 3.59. The summed E-state index contributed by atoms with van der Waals surface area (Å²) in [5.74, 6) is 0.659. The highest BCUT2D eigenvalue weighted by molar-refractivity contribution is 5.64. The van der Waals surface area contributed by atoms with E-state index < -0.39 is 0 Å². The lowest BCUT2D eigenvalue weighted by Crippen LogP contribution is -2.29. The van der Waals surface area contributed by atoms with Crippen LogP contribution < -0.4 is 4.90 Å². The summed E-state index contributed by atoms with van der Waals surface area (Å²) in [7, 11) is 1.89. The molecule has 0 spiro atoms. The van der Waals surface area contributed by atoms with Gasteiger partial charge in [-0.2, -0.15) is 0 Å². The zero-order chi connectivity index (χ0) is 13.1. The van der Waals surface area contributed by atoms with E-state index >= 15 is 0 Å². The van der Waals surface area contributed by atoms with Crippen LogP contribution in [0.2, 0.25) is 0 Å². The van der Waals surface area contributed by atoms with Crippen molar-refractivity contribution in [1.82, 2.24) is 0 Å². The zero-order valence-corrected chi connectivity index (χ0v) is 10.5. The van der Waals surface area contributed by atoms with Crippen LogP contribution in [0.4, 0.5) is 11.4 Å². The number of aliphatic hydroxyl groups excluding tert-OH is 1. The molecule has 0 radical (unpaired) electrons. The Balaban J connectivity index is 2.21. The van der Waals surface area contributed by atoms with Crippen molar-refractivity contribution in [2.24, 2.45) is 5.92 Å². The van der Waals surface area contributed by atoms with E-state index in [0.717, 1.165) is 6.54 Å². The van der Waals surface area contributed by atoms with E-state index in [-0.39, 0.29) is 17.2 Å². The molecule has 1 aromatic rings. The van der Waals surface area contributed by atoms with Crippen molar-refractivity contribution >= 4 is 11.4 Å². The van der Waals surface area contributed by atoms with Gasteiger partial charge in [0.15, 0.2) is 0 Å². The van der Waals surface area contributed by atoms with Gasteiger partial charge in [0.25, 0.3) is 5.69 Å². The number of anilines is 1. The van der Waals surface area contributed by atoms with E-state index in [1.54, 1.807) is 12.1 Å². The maximum atomic E-state index is 11.1. The van der Waals surface area contributed by atoms with Crippen LogP contribution in [-0.4, -0.2) is 23.6 Å². The normalized spacial score (nSPS) is 15.2. The molecule has 0 aromatic heterocycles. The molecule has 0 aliphatic heterocycles. The van der Waals surface area contributed by atoms with Gasteiger partial charge in [-0.15, -0.1) is 0 Å². The van der Waals surface area contributed by atoms with Gasteiger partial charge in [0.1, 0.15) is 5.69 Å². The highest BCUT2D eigenvalue weighted by Gasteiger charge is 2.23. The van der Waals surface area contributed by atoms with Gasteiger partial charge in [0.2, 0.25) is 0 Å². The predicted molar refractivity (Wildman–Crippen MR) is 69.6 cm³/mol. The standard InChI is InChI=1S/C13H18N2O3/c1-14(8-10-3-2-4-10)12-6-5-11(9-16)7-13(12)15(17)18/h5-7,10,16H,2-4,8-9H2,1H3. The second-order valence-electron chi connectivity index (χ2n) is 4.92. The molecular formula is C13H18N2O3. The predicted octanol–water partition coefficient (Wildman–Crippen LogP) is 2.32. The molecule has 5 nitrogen and oxygen atoms in total. The molecular weight excluding hydrogens is 232 g/mol. The average Bonchev–Trinajstić information content (AvgIpc) is 2.32. The van der Waals surface area contributed by atoms with Gasteiger partial charge in [-0.1, -0.05) is 12.5 Å². The average molecular weight is 250 g/mol. The van der Waals surface area contributed by atoms with Crippen LogP contribution in [0.15, 0.2) is 18.2 Å². The molecule has 1 aromatic carbocycles. The van der Waals surface area contributed by atoms with Gasteiger partial charge in [0.05, 0.1) is 11.5 Å². The fraction of sp³-hybridized carbons (Fsp3) is 0.538. The number of nitro groups is 1. The summed E-state index contributed by atoms with van der Waals surface area (Å²) in [5, 5.41) is 20.1. The van der Waals surface area contributed by atoms with E-state index in [2.05, 4.69) is 0 Å². The molecule has 18 heavy (non-hydrogen) atoms. The maximum Gasteiger partial charge on any atom is 0.292 e. The minimum atomic E-state index is -0.383. The quantitative estimate of drug-likeness (QED) is 0.643. The van der Waals surface area contributed by atoms with E-state index in [0.29, 0.717) is 17.2 Å². The summed E-state index contributed by atoms with van der Waals surface area (Å²) >= 11 is 0. The number of aliphatic hydroxyl groups is 1. The van der Waals surface area contributed by atoms with Crippen LogP contribution in [0.1, 0.15) is 24.8 Å². The van der Waals surface area contributed by atoms with Crippen molar-refractivity contribution in [3.63, 3.8) is 0 Å². The largest absolute Gasteiger partial charge is 0.392 e. The lowest BCUT2D eigenvalue weighted by molar-refractivity contribution is -0.384. The van der Waals surface area contributed by atoms with Crippen molar-refractivity contribution in [1.29, 1.82) is 0 Å². The highest BCUT2D eigenvalue weighted by atomic mass is 16.6. The number of nitro benzene ring substituents is 1. The summed E-state index contributed by atoms with van der Waals surface area (Å²) in [5.41, 5.74) is 1.27. The summed E-state index contributed by atoms with van der Waals surface area (Å²) in [6, 6.07) is 4.91. The lowest BCUT2D eigenvalue weighted by atomic mass is 9.85. The van der Waals surface area contributed by atoms with E-state index in [1.807, 2.05) is 11.9 Å². The Morgan fingerprint density at radius 1 is 1.50 bits per heavy atom. The molecule has 0 unspecified atom stereocenters. The third kappa shape index (κ3) is 2.61. The fourth-order valence-corrected chi connectivity index (χ4v) is 2.30. The molecule has 0 amide bonds. The Morgan fingerprint density at radius 3 is 2.72 bits per heavy atom. The van der Waals surface area contributed by atoms with Gasteiger partial charge < -0.3 is 10.0 Å². The molecule has 98 valence electrons. The van der Waals surface area contributed by atoms with Crippen molar-refractivity contribution in [2.75, 3.05) is 18.5 Å². The minimum Gasteiger partial charge on any atom is -0.392 e. The number of benzene rings is 1. The van der Waals surface area contributed by atoms with Crippen molar-refractivity contribution in [2.45, 2.75) is 25.9 Å². The second kappa shape index (κ2) is 5.35. The fourth-order valence-electron chi connectivity index (χ4n) is 2.30. The third-order valence-corrected chi connectivity index (χ3v) is 3.59. The van der Waals surface area contributed by atoms with Crippen LogP contribution in [0.25, 0.3) is 0 Å². The molecule has 0 heterocycles. The van der Waals surface area contributed by atoms with Crippen LogP contribution in [0, 0.1) is 16.0 Å². The molecule has 1 aliphatic rings. The summed E-state index contributed by atoms with van der Waals surface area (Å²) in [6.07, 6.45) is 3.70. The van der Waals surface area contributed by atoms with Crippen LogP contribution >= 0.6 is 0 Å². The van der Waals surface area contributed by atoms with Gasteiger partial charge in [-0.05, 0) is 30.4 Å². The highest BCUT2D eigenvalue weighted by Crippen LogP contribution is 2.32. The molecule has 0 saturated heterocycles. The minimum absolute atomic E-state index is 0.0726. The first-order valence-electron chi connectivity index (χ1n) is 6.21. The van der Waals surface area contributed by atoms with Gasteiger partial charge in [-0.25, -0.2) is 0 Å². The maximum absolute atomic E-state index is 11.1. The van der Waals surface area contributed by atoms with Gasteiger partial charge >= 0.3 is 0 Å². The molecule has 5 heteroatoms. The Bertz CT molecular complexity index is 444. The number of nitrogens with zero attached hydrogens (tertiary/aromatic N) is 2. The Kier molecular flexibility index (Phi) is 3.81. The number of hydrogen-bond acceptors (Lipinski definition) is 4. The number of rotatable bonds is 5. The number of hydrogen-bond donors (Lipinski definition) is 1. The molecule has 1 aliphatic carbocycles. The van der Waals surface area contributed by atoms with Crippen molar-refractivity contribution in [3.8, 4) is 0 Å². The Morgan fingerprint density at radius 2 is 2.22 bits per heavy atom. The second-order valence-corrected chi connectivity index (χ2v) is 4.92. The topological polar surface area (TPSA) is 66.6 Å². The first-order valence-corrected chi connectivity index (χ1v) is 6.21. The summed E-state index contributed by atoms with van der Waals surface area (Å²) in [4.78, 5) is 12.6. The molecule has 1 saturated carbocycles. The zero-order valence-electron chi connectivity index (χ0n) is 10.5. The molecule has 1 fully saturated rings.